The molecule has 0 radical (unpaired) electrons. The van der Waals surface area contributed by atoms with E-state index in [1.165, 1.54) is 70.6 Å². The fourth-order valence-electron chi connectivity index (χ4n) is 4.30. The van der Waals surface area contributed by atoms with Crippen LogP contribution in [0.15, 0.2) is 18.2 Å². The summed E-state index contributed by atoms with van der Waals surface area (Å²) in [6, 6.07) is 7.89. The Morgan fingerprint density at radius 2 is 1.86 bits per heavy atom. The van der Waals surface area contributed by atoms with Crippen LogP contribution in [0.3, 0.4) is 0 Å². The van der Waals surface area contributed by atoms with Gasteiger partial charge in [-0.1, -0.05) is 50.3 Å². The summed E-state index contributed by atoms with van der Waals surface area (Å²) in [5, 5.41) is 3.56. The van der Waals surface area contributed by atoms with Crippen molar-refractivity contribution in [2.24, 2.45) is 5.92 Å². The summed E-state index contributed by atoms with van der Waals surface area (Å²) >= 11 is 0. The molecule has 1 heteroatoms. The molecule has 0 bridgehead atoms. The van der Waals surface area contributed by atoms with Gasteiger partial charge in [0.05, 0.1) is 0 Å². The highest BCUT2D eigenvalue weighted by Gasteiger charge is 2.17. The van der Waals surface area contributed by atoms with E-state index in [1.807, 2.05) is 0 Å². The first-order chi connectivity index (χ1) is 10.3. The van der Waals surface area contributed by atoms with Crippen molar-refractivity contribution in [1.82, 2.24) is 5.32 Å². The van der Waals surface area contributed by atoms with Crippen molar-refractivity contribution in [3.05, 3.63) is 34.9 Å². The smallest absolute Gasteiger partial charge is 0.0105 e. The molecule has 0 saturated heterocycles. The molecule has 0 aromatic heterocycles. The zero-order valence-electron chi connectivity index (χ0n) is 13.7. The fourth-order valence-corrected chi connectivity index (χ4v) is 4.30. The van der Waals surface area contributed by atoms with Crippen LogP contribution in [0.1, 0.15) is 68.1 Å². The first-order valence-electron chi connectivity index (χ1n) is 9.13. The second kappa shape index (κ2) is 7.45. The molecular weight excluding hydrogens is 254 g/mol. The van der Waals surface area contributed by atoms with E-state index in [1.54, 1.807) is 16.7 Å². The lowest BCUT2D eigenvalue weighted by atomic mass is 9.84. The standard InChI is InChI=1S/C20H31N/c1-21-20(13-11-16-6-3-2-4-7-16)15-17-10-12-18-8-5-9-19(18)14-17/h10,12,14,16,20-21H,2-9,11,13,15H2,1H3. The average Bonchev–Trinajstić information content (AvgIpc) is 3.00. The molecule has 1 aromatic rings. The lowest BCUT2D eigenvalue weighted by molar-refractivity contribution is 0.316. The molecule has 0 aliphatic heterocycles. The highest BCUT2D eigenvalue weighted by molar-refractivity contribution is 5.35. The summed E-state index contributed by atoms with van der Waals surface area (Å²) < 4.78 is 0. The number of likely N-dealkylation sites (N-methyl/N-ethyl adjacent to an activating group) is 1. The largest absolute Gasteiger partial charge is 0.317 e. The normalized spacial score (nSPS) is 20.4. The van der Waals surface area contributed by atoms with Gasteiger partial charge in [-0.25, -0.2) is 0 Å². The van der Waals surface area contributed by atoms with Crippen LogP contribution >= 0.6 is 0 Å². The van der Waals surface area contributed by atoms with Crippen LogP contribution in [-0.4, -0.2) is 13.1 Å². The van der Waals surface area contributed by atoms with Crippen LogP contribution < -0.4 is 5.32 Å². The number of aryl methyl sites for hydroxylation is 2. The van der Waals surface area contributed by atoms with Gasteiger partial charge in [0, 0.05) is 6.04 Å². The predicted octanol–water partition coefficient (Wildman–Crippen LogP) is 4.67. The summed E-state index contributed by atoms with van der Waals surface area (Å²) in [6.45, 7) is 0. The molecule has 1 fully saturated rings. The van der Waals surface area contributed by atoms with Crippen molar-refractivity contribution < 1.29 is 0 Å². The van der Waals surface area contributed by atoms with E-state index in [4.69, 9.17) is 0 Å². The molecular formula is C20H31N. The lowest BCUT2D eigenvalue weighted by Crippen LogP contribution is -2.28. The minimum absolute atomic E-state index is 0.659. The molecule has 0 spiro atoms. The van der Waals surface area contributed by atoms with Gasteiger partial charge in [0.2, 0.25) is 0 Å². The predicted molar refractivity (Wildman–Crippen MR) is 90.8 cm³/mol. The van der Waals surface area contributed by atoms with Gasteiger partial charge in [0.15, 0.2) is 0 Å². The maximum absolute atomic E-state index is 3.56. The second-order valence-corrected chi connectivity index (χ2v) is 7.23. The molecule has 1 saturated carbocycles. The van der Waals surface area contributed by atoms with Gasteiger partial charge in [-0.2, -0.15) is 0 Å². The molecule has 21 heavy (non-hydrogen) atoms. The molecule has 3 rings (SSSR count). The molecule has 1 nitrogen and oxygen atoms in total. The minimum Gasteiger partial charge on any atom is -0.317 e. The molecule has 116 valence electrons. The highest BCUT2D eigenvalue weighted by Crippen LogP contribution is 2.28. The zero-order chi connectivity index (χ0) is 14.5. The molecule has 1 N–H and O–H groups in total. The molecule has 0 amide bonds. The maximum Gasteiger partial charge on any atom is 0.0105 e. The van der Waals surface area contributed by atoms with Gasteiger partial charge in [-0.3, -0.25) is 0 Å². The first-order valence-corrected chi connectivity index (χ1v) is 9.13. The van der Waals surface area contributed by atoms with Crippen LogP contribution in [0.4, 0.5) is 0 Å². The van der Waals surface area contributed by atoms with E-state index in [2.05, 4.69) is 30.6 Å². The number of rotatable bonds is 6. The van der Waals surface area contributed by atoms with E-state index >= 15 is 0 Å². The minimum atomic E-state index is 0.659. The van der Waals surface area contributed by atoms with Gasteiger partial charge in [0.1, 0.15) is 0 Å². The van der Waals surface area contributed by atoms with Crippen LogP contribution in [0.2, 0.25) is 0 Å². The van der Waals surface area contributed by atoms with Crippen molar-refractivity contribution in [1.29, 1.82) is 0 Å². The second-order valence-electron chi connectivity index (χ2n) is 7.23. The Bertz CT molecular complexity index is 445. The van der Waals surface area contributed by atoms with Crippen molar-refractivity contribution in [2.45, 2.75) is 76.7 Å². The van der Waals surface area contributed by atoms with Crippen LogP contribution in [-0.2, 0) is 19.3 Å². The number of fused-ring (bicyclic) bond motifs is 1. The van der Waals surface area contributed by atoms with E-state index in [-0.39, 0.29) is 0 Å². The first kappa shape index (κ1) is 15.1. The monoisotopic (exact) mass is 285 g/mol. The number of hydrogen-bond acceptors (Lipinski definition) is 1. The summed E-state index contributed by atoms with van der Waals surface area (Å²) in [6.07, 6.45) is 15.3. The number of hydrogen-bond donors (Lipinski definition) is 1. The lowest BCUT2D eigenvalue weighted by Gasteiger charge is -2.24. The molecule has 1 unspecified atom stereocenters. The van der Waals surface area contributed by atoms with Gasteiger partial charge in [-0.05, 0) is 68.2 Å². The molecule has 0 heterocycles. The number of benzene rings is 1. The van der Waals surface area contributed by atoms with E-state index in [9.17, 15) is 0 Å². The van der Waals surface area contributed by atoms with Gasteiger partial charge >= 0.3 is 0 Å². The van der Waals surface area contributed by atoms with Gasteiger partial charge in [0.25, 0.3) is 0 Å². The van der Waals surface area contributed by atoms with E-state index in [0.717, 1.165) is 5.92 Å². The Hall–Kier alpha value is -0.820. The summed E-state index contributed by atoms with van der Waals surface area (Å²) in [7, 11) is 2.14. The number of nitrogens with one attached hydrogen (secondary N) is 1. The van der Waals surface area contributed by atoms with Gasteiger partial charge < -0.3 is 5.32 Å². The van der Waals surface area contributed by atoms with Crippen molar-refractivity contribution in [2.75, 3.05) is 7.05 Å². The zero-order valence-corrected chi connectivity index (χ0v) is 13.7. The van der Waals surface area contributed by atoms with Crippen LogP contribution in [0.25, 0.3) is 0 Å². The Labute approximate surface area is 130 Å². The van der Waals surface area contributed by atoms with E-state index in [0.29, 0.717) is 6.04 Å². The fraction of sp³-hybridized carbons (Fsp3) is 0.700. The average molecular weight is 285 g/mol. The van der Waals surface area contributed by atoms with Crippen molar-refractivity contribution in [3.8, 4) is 0 Å². The summed E-state index contributed by atoms with van der Waals surface area (Å²) in [5.74, 6) is 1.01. The third-order valence-electron chi connectivity index (χ3n) is 5.70. The molecule has 1 aromatic carbocycles. The van der Waals surface area contributed by atoms with Gasteiger partial charge in [-0.15, -0.1) is 0 Å². The van der Waals surface area contributed by atoms with Crippen molar-refractivity contribution >= 4 is 0 Å². The quantitative estimate of drug-likeness (QED) is 0.801. The van der Waals surface area contributed by atoms with Crippen LogP contribution in [0, 0.1) is 5.92 Å². The Morgan fingerprint density at radius 1 is 1.05 bits per heavy atom. The Morgan fingerprint density at radius 3 is 2.67 bits per heavy atom. The highest BCUT2D eigenvalue weighted by atomic mass is 14.9. The maximum atomic E-state index is 3.56. The third-order valence-corrected chi connectivity index (χ3v) is 5.70. The Balaban J connectivity index is 1.51. The van der Waals surface area contributed by atoms with Crippen LogP contribution in [0.5, 0.6) is 0 Å². The van der Waals surface area contributed by atoms with E-state index < -0.39 is 0 Å². The molecule has 1 atom stereocenters. The summed E-state index contributed by atoms with van der Waals surface area (Å²) in [4.78, 5) is 0. The molecule has 2 aliphatic carbocycles. The molecule has 2 aliphatic rings. The third kappa shape index (κ3) is 4.10. The van der Waals surface area contributed by atoms with Crippen molar-refractivity contribution in [3.63, 3.8) is 0 Å². The Kier molecular flexibility index (Phi) is 5.35. The topological polar surface area (TPSA) is 12.0 Å². The SMILES string of the molecule is CNC(CCC1CCCCC1)Cc1ccc2c(c1)CCC2. The summed E-state index contributed by atoms with van der Waals surface area (Å²) in [5.41, 5.74) is 4.76.